The molecule has 0 radical (unpaired) electrons. The summed E-state index contributed by atoms with van der Waals surface area (Å²) >= 11 is 0. The molecule has 5 heteroatoms. The first-order valence-electron chi connectivity index (χ1n) is 6.78. The predicted octanol–water partition coefficient (Wildman–Crippen LogP) is 3.34. The number of benzene rings is 2. The SMILES string of the molecule is COc1cc(NC(C)=O)c(-c2ccccc2)c(OC)c1OC. The lowest BCUT2D eigenvalue weighted by Crippen LogP contribution is -2.09. The summed E-state index contributed by atoms with van der Waals surface area (Å²) in [5.74, 6) is 1.31. The van der Waals surface area contributed by atoms with Gasteiger partial charge in [-0.1, -0.05) is 30.3 Å². The van der Waals surface area contributed by atoms with Gasteiger partial charge in [0.1, 0.15) is 0 Å². The Bertz CT molecular complexity index is 668. The van der Waals surface area contributed by atoms with E-state index in [1.807, 2.05) is 30.3 Å². The Morgan fingerprint density at radius 1 is 0.955 bits per heavy atom. The molecule has 0 fully saturated rings. The van der Waals surface area contributed by atoms with Crippen LogP contribution < -0.4 is 19.5 Å². The predicted molar refractivity (Wildman–Crippen MR) is 85.8 cm³/mol. The van der Waals surface area contributed by atoms with Crippen molar-refractivity contribution in [3.8, 4) is 28.4 Å². The molecule has 0 saturated carbocycles. The fourth-order valence-electron chi connectivity index (χ4n) is 2.34. The molecule has 0 bridgehead atoms. The van der Waals surface area contributed by atoms with Crippen molar-refractivity contribution in [3.05, 3.63) is 36.4 Å². The van der Waals surface area contributed by atoms with Crippen LogP contribution in [0.25, 0.3) is 11.1 Å². The molecule has 2 rings (SSSR count). The van der Waals surface area contributed by atoms with E-state index in [0.29, 0.717) is 22.9 Å². The highest BCUT2D eigenvalue weighted by Gasteiger charge is 2.22. The highest BCUT2D eigenvalue weighted by Crippen LogP contribution is 2.48. The average Bonchev–Trinajstić information content (AvgIpc) is 2.53. The van der Waals surface area contributed by atoms with E-state index in [0.717, 1.165) is 11.1 Å². The highest BCUT2D eigenvalue weighted by molar-refractivity contribution is 5.97. The number of nitrogens with one attached hydrogen (secondary N) is 1. The summed E-state index contributed by atoms with van der Waals surface area (Å²) in [4.78, 5) is 11.5. The molecule has 0 aliphatic heterocycles. The first-order chi connectivity index (χ1) is 10.6. The van der Waals surface area contributed by atoms with Crippen molar-refractivity contribution in [3.63, 3.8) is 0 Å². The van der Waals surface area contributed by atoms with Crippen LogP contribution in [0.5, 0.6) is 17.2 Å². The maximum Gasteiger partial charge on any atom is 0.221 e. The van der Waals surface area contributed by atoms with E-state index in [2.05, 4.69) is 5.32 Å². The van der Waals surface area contributed by atoms with Crippen LogP contribution in [0.15, 0.2) is 36.4 Å². The number of amides is 1. The fourth-order valence-corrected chi connectivity index (χ4v) is 2.34. The zero-order chi connectivity index (χ0) is 16.1. The van der Waals surface area contributed by atoms with Gasteiger partial charge in [-0.2, -0.15) is 0 Å². The molecule has 0 unspecified atom stereocenters. The van der Waals surface area contributed by atoms with Crippen molar-refractivity contribution in [1.82, 2.24) is 0 Å². The number of hydrogen-bond donors (Lipinski definition) is 1. The molecular formula is C17H19NO4. The Morgan fingerprint density at radius 3 is 2.09 bits per heavy atom. The van der Waals surface area contributed by atoms with Crippen molar-refractivity contribution in [2.45, 2.75) is 6.92 Å². The molecule has 0 aliphatic rings. The summed E-state index contributed by atoms with van der Waals surface area (Å²) in [7, 11) is 4.64. The van der Waals surface area contributed by atoms with Gasteiger partial charge < -0.3 is 19.5 Å². The Morgan fingerprint density at radius 2 is 1.59 bits per heavy atom. The Labute approximate surface area is 129 Å². The molecular weight excluding hydrogens is 282 g/mol. The quantitative estimate of drug-likeness (QED) is 0.920. The minimum absolute atomic E-state index is 0.175. The zero-order valence-corrected chi connectivity index (χ0v) is 13.1. The molecule has 2 aromatic rings. The monoisotopic (exact) mass is 301 g/mol. The summed E-state index contributed by atoms with van der Waals surface area (Å²) in [5, 5.41) is 2.82. The molecule has 5 nitrogen and oxygen atoms in total. The van der Waals surface area contributed by atoms with E-state index in [9.17, 15) is 4.79 Å². The van der Waals surface area contributed by atoms with Gasteiger partial charge in [-0.15, -0.1) is 0 Å². The Hall–Kier alpha value is -2.69. The summed E-state index contributed by atoms with van der Waals surface area (Å²) in [6.45, 7) is 1.46. The van der Waals surface area contributed by atoms with Crippen LogP contribution in [0.4, 0.5) is 5.69 Å². The van der Waals surface area contributed by atoms with E-state index in [1.54, 1.807) is 20.3 Å². The standard InChI is InChI=1S/C17H19NO4/c1-11(19)18-13-10-14(20-2)16(21-3)17(22-4)15(13)12-8-6-5-7-9-12/h5-10H,1-4H3,(H,18,19). The van der Waals surface area contributed by atoms with Gasteiger partial charge in [0.15, 0.2) is 11.5 Å². The maximum absolute atomic E-state index is 11.5. The molecule has 116 valence electrons. The van der Waals surface area contributed by atoms with Crippen molar-refractivity contribution in [1.29, 1.82) is 0 Å². The summed E-state index contributed by atoms with van der Waals surface area (Å²) in [6.07, 6.45) is 0. The van der Waals surface area contributed by atoms with Crippen LogP contribution in [0.2, 0.25) is 0 Å². The van der Waals surface area contributed by atoms with E-state index >= 15 is 0 Å². The minimum atomic E-state index is -0.175. The van der Waals surface area contributed by atoms with Crippen LogP contribution in [0, 0.1) is 0 Å². The van der Waals surface area contributed by atoms with E-state index in [1.165, 1.54) is 14.0 Å². The molecule has 2 aromatic carbocycles. The third-order valence-electron chi connectivity index (χ3n) is 3.20. The van der Waals surface area contributed by atoms with Gasteiger partial charge in [0.05, 0.1) is 32.6 Å². The minimum Gasteiger partial charge on any atom is -0.493 e. The topological polar surface area (TPSA) is 56.8 Å². The molecule has 0 spiro atoms. The van der Waals surface area contributed by atoms with Gasteiger partial charge in [-0.3, -0.25) is 4.79 Å². The molecule has 0 aliphatic carbocycles. The molecule has 22 heavy (non-hydrogen) atoms. The molecule has 0 aromatic heterocycles. The van der Waals surface area contributed by atoms with Crippen molar-refractivity contribution >= 4 is 11.6 Å². The lowest BCUT2D eigenvalue weighted by Gasteiger charge is -2.20. The molecule has 1 amide bonds. The average molecular weight is 301 g/mol. The Balaban J connectivity index is 2.78. The van der Waals surface area contributed by atoms with Crippen molar-refractivity contribution in [2.24, 2.45) is 0 Å². The highest BCUT2D eigenvalue weighted by atomic mass is 16.5. The third-order valence-corrected chi connectivity index (χ3v) is 3.20. The van der Waals surface area contributed by atoms with Crippen LogP contribution in [-0.2, 0) is 4.79 Å². The molecule has 0 saturated heterocycles. The third kappa shape index (κ3) is 2.98. The van der Waals surface area contributed by atoms with Gasteiger partial charge in [-0.25, -0.2) is 0 Å². The first kappa shape index (κ1) is 15.7. The number of methoxy groups -OCH3 is 3. The van der Waals surface area contributed by atoms with Gasteiger partial charge >= 0.3 is 0 Å². The normalized spacial score (nSPS) is 10.0. The maximum atomic E-state index is 11.5. The van der Waals surface area contributed by atoms with Crippen molar-refractivity contribution < 1.29 is 19.0 Å². The number of carbonyl (C=O) groups excluding carboxylic acids is 1. The molecule has 1 N–H and O–H groups in total. The van der Waals surface area contributed by atoms with Gasteiger partial charge in [-0.05, 0) is 5.56 Å². The van der Waals surface area contributed by atoms with Crippen LogP contribution in [0.3, 0.4) is 0 Å². The number of hydrogen-bond acceptors (Lipinski definition) is 4. The smallest absolute Gasteiger partial charge is 0.221 e. The second-order valence-corrected chi connectivity index (χ2v) is 4.62. The second kappa shape index (κ2) is 6.85. The van der Waals surface area contributed by atoms with Crippen molar-refractivity contribution in [2.75, 3.05) is 26.6 Å². The molecule has 0 atom stereocenters. The fraction of sp³-hybridized carbons (Fsp3) is 0.235. The number of rotatable bonds is 5. The lowest BCUT2D eigenvalue weighted by atomic mass is 10.0. The number of ether oxygens (including phenoxy) is 3. The van der Waals surface area contributed by atoms with Crippen LogP contribution in [0.1, 0.15) is 6.92 Å². The van der Waals surface area contributed by atoms with E-state index in [4.69, 9.17) is 14.2 Å². The van der Waals surface area contributed by atoms with Gasteiger partial charge in [0.2, 0.25) is 11.7 Å². The second-order valence-electron chi connectivity index (χ2n) is 4.62. The first-order valence-corrected chi connectivity index (χ1v) is 6.78. The zero-order valence-electron chi connectivity index (χ0n) is 13.1. The van der Waals surface area contributed by atoms with Gasteiger partial charge in [0.25, 0.3) is 0 Å². The largest absolute Gasteiger partial charge is 0.493 e. The molecule has 0 heterocycles. The summed E-state index contributed by atoms with van der Waals surface area (Å²) < 4.78 is 16.3. The Kier molecular flexibility index (Phi) is 4.88. The number of anilines is 1. The summed E-state index contributed by atoms with van der Waals surface area (Å²) in [5.41, 5.74) is 2.26. The number of carbonyl (C=O) groups is 1. The van der Waals surface area contributed by atoms with E-state index in [-0.39, 0.29) is 5.91 Å². The summed E-state index contributed by atoms with van der Waals surface area (Å²) in [6, 6.07) is 11.4. The van der Waals surface area contributed by atoms with Gasteiger partial charge in [0, 0.05) is 13.0 Å². The van der Waals surface area contributed by atoms with Crippen LogP contribution >= 0.6 is 0 Å². The van der Waals surface area contributed by atoms with E-state index < -0.39 is 0 Å². The van der Waals surface area contributed by atoms with Crippen LogP contribution in [-0.4, -0.2) is 27.2 Å². The lowest BCUT2D eigenvalue weighted by molar-refractivity contribution is -0.114.